The van der Waals surface area contributed by atoms with Crippen molar-refractivity contribution < 1.29 is 0 Å². The fourth-order valence-electron chi connectivity index (χ4n) is 2.08. The number of hydrogen-bond donors (Lipinski definition) is 1. The molecule has 1 heteroatoms. The molecular formula is C11H23N. The standard InChI is InChI=1S/C11H23N/c1-3-4-5-6-7-11-10(2)8-9-12-11/h10-12H,3-9H2,1-2H3/t10-,11-/m0/s1. The van der Waals surface area contributed by atoms with Crippen LogP contribution >= 0.6 is 0 Å². The van der Waals surface area contributed by atoms with Crippen molar-refractivity contribution in [2.24, 2.45) is 5.92 Å². The zero-order valence-corrected chi connectivity index (χ0v) is 8.60. The fourth-order valence-corrected chi connectivity index (χ4v) is 2.08. The first kappa shape index (κ1) is 10.0. The smallest absolute Gasteiger partial charge is 0.00931 e. The molecule has 1 rings (SSSR count). The highest BCUT2D eigenvalue weighted by molar-refractivity contribution is 4.80. The zero-order chi connectivity index (χ0) is 8.81. The fraction of sp³-hybridized carbons (Fsp3) is 1.00. The average Bonchev–Trinajstić information content (AvgIpc) is 2.46. The number of hydrogen-bond acceptors (Lipinski definition) is 1. The molecule has 0 aromatic carbocycles. The van der Waals surface area contributed by atoms with E-state index in [9.17, 15) is 0 Å². The Balaban J connectivity index is 1.98. The minimum atomic E-state index is 0.835. The van der Waals surface area contributed by atoms with Gasteiger partial charge < -0.3 is 5.32 Å². The van der Waals surface area contributed by atoms with E-state index in [0.29, 0.717) is 0 Å². The van der Waals surface area contributed by atoms with Gasteiger partial charge >= 0.3 is 0 Å². The van der Waals surface area contributed by atoms with Gasteiger partial charge in [-0.05, 0) is 25.3 Å². The summed E-state index contributed by atoms with van der Waals surface area (Å²) < 4.78 is 0. The summed E-state index contributed by atoms with van der Waals surface area (Å²) in [6.07, 6.45) is 8.42. The first-order chi connectivity index (χ1) is 5.84. The molecule has 1 heterocycles. The minimum Gasteiger partial charge on any atom is -0.314 e. The third kappa shape index (κ3) is 3.14. The molecule has 0 amide bonds. The maximum atomic E-state index is 3.58. The van der Waals surface area contributed by atoms with Crippen LogP contribution in [0.25, 0.3) is 0 Å². The van der Waals surface area contributed by atoms with Gasteiger partial charge in [-0.1, -0.05) is 39.5 Å². The van der Waals surface area contributed by atoms with Crippen molar-refractivity contribution in [3.05, 3.63) is 0 Å². The van der Waals surface area contributed by atoms with Crippen molar-refractivity contribution >= 4 is 0 Å². The van der Waals surface area contributed by atoms with Crippen LogP contribution in [0.3, 0.4) is 0 Å². The SMILES string of the molecule is CCCCCC[C@@H]1NCC[C@@H]1C. The Bertz CT molecular complexity index is 112. The lowest BCUT2D eigenvalue weighted by molar-refractivity contribution is 0.432. The molecule has 0 unspecified atom stereocenters. The summed E-state index contributed by atoms with van der Waals surface area (Å²) in [5.41, 5.74) is 0. The maximum absolute atomic E-state index is 3.58. The Kier molecular flexibility index (Phi) is 4.67. The second kappa shape index (κ2) is 5.58. The minimum absolute atomic E-state index is 0.835. The topological polar surface area (TPSA) is 12.0 Å². The second-order valence-corrected chi connectivity index (χ2v) is 4.18. The quantitative estimate of drug-likeness (QED) is 0.624. The lowest BCUT2D eigenvalue weighted by Crippen LogP contribution is -2.25. The van der Waals surface area contributed by atoms with Crippen molar-refractivity contribution in [2.45, 2.75) is 58.4 Å². The van der Waals surface area contributed by atoms with Crippen molar-refractivity contribution in [2.75, 3.05) is 6.54 Å². The highest BCUT2D eigenvalue weighted by Gasteiger charge is 2.21. The molecule has 0 aliphatic carbocycles. The Morgan fingerprint density at radius 2 is 2.08 bits per heavy atom. The number of nitrogens with one attached hydrogen (secondary N) is 1. The lowest BCUT2D eigenvalue weighted by atomic mass is 9.98. The van der Waals surface area contributed by atoms with Crippen LogP contribution in [-0.4, -0.2) is 12.6 Å². The van der Waals surface area contributed by atoms with Crippen LogP contribution in [-0.2, 0) is 0 Å². The molecular weight excluding hydrogens is 146 g/mol. The van der Waals surface area contributed by atoms with E-state index in [4.69, 9.17) is 0 Å². The predicted molar refractivity (Wildman–Crippen MR) is 54.3 cm³/mol. The zero-order valence-electron chi connectivity index (χ0n) is 8.60. The van der Waals surface area contributed by atoms with E-state index in [2.05, 4.69) is 19.2 Å². The number of rotatable bonds is 5. The Morgan fingerprint density at radius 1 is 1.25 bits per heavy atom. The summed E-state index contributed by atoms with van der Waals surface area (Å²) in [6, 6.07) is 0.835. The molecule has 0 radical (unpaired) electrons. The lowest BCUT2D eigenvalue weighted by Gasteiger charge is -2.14. The highest BCUT2D eigenvalue weighted by atomic mass is 14.9. The molecule has 0 aromatic rings. The molecule has 1 aliphatic heterocycles. The number of unbranched alkanes of at least 4 members (excludes halogenated alkanes) is 3. The van der Waals surface area contributed by atoms with E-state index in [1.165, 1.54) is 45.1 Å². The van der Waals surface area contributed by atoms with Gasteiger partial charge in [0.15, 0.2) is 0 Å². The van der Waals surface area contributed by atoms with E-state index >= 15 is 0 Å². The maximum Gasteiger partial charge on any atom is 0.00931 e. The predicted octanol–water partition coefficient (Wildman–Crippen LogP) is 2.95. The van der Waals surface area contributed by atoms with Gasteiger partial charge in [0.1, 0.15) is 0 Å². The summed E-state index contributed by atoms with van der Waals surface area (Å²) in [7, 11) is 0. The van der Waals surface area contributed by atoms with E-state index in [-0.39, 0.29) is 0 Å². The van der Waals surface area contributed by atoms with Crippen molar-refractivity contribution in [3.63, 3.8) is 0 Å². The molecule has 1 saturated heterocycles. The molecule has 12 heavy (non-hydrogen) atoms. The van der Waals surface area contributed by atoms with Gasteiger partial charge in [0.05, 0.1) is 0 Å². The summed E-state index contributed by atoms with van der Waals surface area (Å²) in [6.45, 7) is 5.90. The van der Waals surface area contributed by atoms with Gasteiger partial charge in [-0.2, -0.15) is 0 Å². The molecule has 1 nitrogen and oxygen atoms in total. The van der Waals surface area contributed by atoms with Gasteiger partial charge in [-0.15, -0.1) is 0 Å². The van der Waals surface area contributed by atoms with Gasteiger partial charge in [0.2, 0.25) is 0 Å². The van der Waals surface area contributed by atoms with Gasteiger partial charge in [0.25, 0.3) is 0 Å². The van der Waals surface area contributed by atoms with Gasteiger partial charge in [0, 0.05) is 6.04 Å². The molecule has 2 atom stereocenters. The van der Waals surface area contributed by atoms with Crippen LogP contribution in [0.5, 0.6) is 0 Å². The van der Waals surface area contributed by atoms with E-state index in [1.54, 1.807) is 0 Å². The third-order valence-corrected chi connectivity index (χ3v) is 3.06. The molecule has 0 saturated carbocycles. The molecule has 0 aromatic heterocycles. The van der Waals surface area contributed by atoms with Crippen molar-refractivity contribution in [3.8, 4) is 0 Å². The first-order valence-electron chi connectivity index (χ1n) is 5.58. The monoisotopic (exact) mass is 169 g/mol. The molecule has 1 aliphatic rings. The van der Waals surface area contributed by atoms with E-state index in [0.717, 1.165) is 12.0 Å². The molecule has 0 bridgehead atoms. The van der Waals surface area contributed by atoms with E-state index in [1.807, 2.05) is 0 Å². The highest BCUT2D eigenvalue weighted by Crippen LogP contribution is 2.19. The van der Waals surface area contributed by atoms with Crippen LogP contribution < -0.4 is 5.32 Å². The van der Waals surface area contributed by atoms with Crippen molar-refractivity contribution in [1.82, 2.24) is 5.32 Å². The second-order valence-electron chi connectivity index (χ2n) is 4.18. The largest absolute Gasteiger partial charge is 0.314 e. The van der Waals surface area contributed by atoms with Crippen molar-refractivity contribution in [1.29, 1.82) is 0 Å². The van der Waals surface area contributed by atoms with Crippen LogP contribution in [0.4, 0.5) is 0 Å². The summed E-state index contributed by atoms with van der Waals surface area (Å²) >= 11 is 0. The third-order valence-electron chi connectivity index (χ3n) is 3.06. The van der Waals surface area contributed by atoms with Crippen LogP contribution in [0.1, 0.15) is 52.4 Å². The van der Waals surface area contributed by atoms with Crippen LogP contribution in [0.2, 0.25) is 0 Å². The Labute approximate surface area is 76.9 Å². The van der Waals surface area contributed by atoms with Crippen LogP contribution in [0.15, 0.2) is 0 Å². The molecule has 1 N–H and O–H groups in total. The first-order valence-corrected chi connectivity index (χ1v) is 5.58. The molecule has 0 spiro atoms. The van der Waals surface area contributed by atoms with Gasteiger partial charge in [-0.25, -0.2) is 0 Å². The van der Waals surface area contributed by atoms with Gasteiger partial charge in [-0.3, -0.25) is 0 Å². The average molecular weight is 169 g/mol. The summed E-state index contributed by atoms with van der Waals surface area (Å²) in [5.74, 6) is 0.923. The Morgan fingerprint density at radius 3 is 2.67 bits per heavy atom. The van der Waals surface area contributed by atoms with Crippen LogP contribution in [0, 0.1) is 5.92 Å². The Hall–Kier alpha value is -0.0400. The normalized spacial score (nSPS) is 29.5. The van der Waals surface area contributed by atoms with E-state index < -0.39 is 0 Å². The molecule has 72 valence electrons. The molecule has 1 fully saturated rings. The summed E-state index contributed by atoms with van der Waals surface area (Å²) in [4.78, 5) is 0. The summed E-state index contributed by atoms with van der Waals surface area (Å²) in [5, 5.41) is 3.58.